The second-order valence-corrected chi connectivity index (χ2v) is 6.20. The molecule has 0 bridgehead atoms. The molecule has 138 valence electrons. The summed E-state index contributed by atoms with van der Waals surface area (Å²) in [6, 6.07) is 3.69. The zero-order valence-corrected chi connectivity index (χ0v) is 14.3. The van der Waals surface area contributed by atoms with Crippen LogP contribution in [0.1, 0.15) is 13.3 Å². The Kier molecular flexibility index (Phi) is 6.58. The van der Waals surface area contributed by atoms with Gasteiger partial charge >= 0.3 is 12.0 Å². The molecular weight excluding hydrogens is 331 g/mol. The molecule has 2 atom stereocenters. The molecule has 1 saturated heterocycles. The van der Waals surface area contributed by atoms with E-state index in [4.69, 9.17) is 9.47 Å². The molecule has 0 saturated carbocycles. The summed E-state index contributed by atoms with van der Waals surface area (Å²) < 4.78 is 24.0. The van der Waals surface area contributed by atoms with Crippen LogP contribution >= 0.6 is 0 Å². The number of carbonyl (C=O) groups is 2. The Balaban J connectivity index is 1.97. The van der Waals surface area contributed by atoms with E-state index < -0.39 is 23.7 Å². The Morgan fingerprint density at radius 2 is 2.12 bits per heavy atom. The molecule has 1 aliphatic rings. The number of likely N-dealkylation sites (tertiary alicyclic amines) is 1. The number of urea groups is 1. The number of amides is 2. The van der Waals surface area contributed by atoms with Gasteiger partial charge < -0.3 is 24.8 Å². The van der Waals surface area contributed by atoms with Crippen molar-refractivity contribution in [1.29, 1.82) is 0 Å². The van der Waals surface area contributed by atoms with Gasteiger partial charge in [0, 0.05) is 32.0 Å². The Morgan fingerprint density at radius 1 is 1.36 bits per heavy atom. The van der Waals surface area contributed by atoms with E-state index in [0.29, 0.717) is 19.6 Å². The predicted octanol–water partition coefficient (Wildman–Crippen LogP) is 2.43. The summed E-state index contributed by atoms with van der Waals surface area (Å²) in [5.74, 6) is -1.92. The lowest BCUT2D eigenvalue weighted by molar-refractivity contribution is -0.143. The number of piperidine rings is 1. The van der Waals surface area contributed by atoms with Gasteiger partial charge in [0.25, 0.3) is 0 Å². The van der Waals surface area contributed by atoms with Crippen molar-refractivity contribution in [3.63, 3.8) is 0 Å². The van der Waals surface area contributed by atoms with Gasteiger partial charge in [-0.05, 0) is 24.5 Å². The molecule has 25 heavy (non-hydrogen) atoms. The Labute approximate surface area is 145 Å². The van der Waals surface area contributed by atoms with Crippen molar-refractivity contribution in [3.05, 3.63) is 24.0 Å². The van der Waals surface area contributed by atoms with Gasteiger partial charge in [0.15, 0.2) is 11.6 Å². The average Bonchev–Trinajstić information content (AvgIpc) is 2.56. The summed E-state index contributed by atoms with van der Waals surface area (Å²) in [4.78, 5) is 25.0. The number of benzene rings is 1. The number of carbonyl (C=O) groups excluding carboxylic acids is 1. The van der Waals surface area contributed by atoms with Crippen LogP contribution in [0.15, 0.2) is 18.2 Å². The van der Waals surface area contributed by atoms with Crippen molar-refractivity contribution in [2.24, 2.45) is 11.8 Å². The fraction of sp³-hybridized carbons (Fsp3) is 0.529. The van der Waals surface area contributed by atoms with Crippen molar-refractivity contribution in [3.8, 4) is 5.75 Å². The number of rotatable bonds is 6. The normalized spacial score (nSPS) is 20.2. The van der Waals surface area contributed by atoms with Crippen LogP contribution in [-0.2, 0) is 9.53 Å². The minimum absolute atomic E-state index is 0.0765. The van der Waals surface area contributed by atoms with Crippen molar-refractivity contribution in [2.75, 3.05) is 38.7 Å². The molecule has 1 aromatic carbocycles. The number of halogens is 1. The molecule has 7 nitrogen and oxygen atoms in total. The summed E-state index contributed by atoms with van der Waals surface area (Å²) >= 11 is 0. The molecule has 2 unspecified atom stereocenters. The molecule has 0 spiro atoms. The lowest BCUT2D eigenvalue weighted by Crippen LogP contribution is -2.47. The highest BCUT2D eigenvalue weighted by atomic mass is 19.1. The SMILES string of the molecule is COCCOc1ccc(NC(=O)N2CC(C)CC(C(=O)O)C2)cc1F. The van der Waals surface area contributed by atoms with Crippen LogP contribution in [0, 0.1) is 17.7 Å². The number of anilines is 1. The van der Waals surface area contributed by atoms with Crippen molar-refractivity contribution >= 4 is 17.7 Å². The average molecular weight is 354 g/mol. The molecule has 0 aliphatic carbocycles. The van der Waals surface area contributed by atoms with Crippen LogP contribution in [-0.4, -0.2) is 55.4 Å². The van der Waals surface area contributed by atoms with E-state index in [1.807, 2.05) is 6.92 Å². The second kappa shape index (κ2) is 8.66. The van der Waals surface area contributed by atoms with Gasteiger partial charge in [-0.25, -0.2) is 9.18 Å². The first-order valence-corrected chi connectivity index (χ1v) is 8.10. The third-order valence-electron chi connectivity index (χ3n) is 4.02. The van der Waals surface area contributed by atoms with E-state index in [1.165, 1.54) is 30.2 Å². The Hall–Kier alpha value is -2.35. The Morgan fingerprint density at radius 3 is 2.76 bits per heavy atom. The third kappa shape index (κ3) is 5.32. The topological polar surface area (TPSA) is 88.1 Å². The molecule has 1 fully saturated rings. The summed E-state index contributed by atoms with van der Waals surface area (Å²) in [6.45, 7) is 3.08. The summed E-state index contributed by atoms with van der Waals surface area (Å²) in [6.07, 6.45) is 0.543. The number of hydrogen-bond acceptors (Lipinski definition) is 4. The fourth-order valence-corrected chi connectivity index (χ4v) is 2.83. The molecular formula is C17H23FN2O5. The van der Waals surface area contributed by atoms with E-state index in [9.17, 15) is 19.1 Å². The lowest BCUT2D eigenvalue weighted by atomic mass is 9.91. The monoisotopic (exact) mass is 354 g/mol. The summed E-state index contributed by atoms with van der Waals surface area (Å²) in [7, 11) is 1.52. The second-order valence-electron chi connectivity index (χ2n) is 6.20. The minimum atomic E-state index is -0.909. The lowest BCUT2D eigenvalue weighted by Gasteiger charge is -2.34. The third-order valence-corrected chi connectivity index (χ3v) is 4.02. The molecule has 0 radical (unpaired) electrons. The maximum Gasteiger partial charge on any atom is 0.321 e. The molecule has 1 aromatic rings. The molecule has 2 N–H and O–H groups in total. The standard InChI is InChI=1S/C17H23FN2O5/c1-11-7-12(16(21)22)10-20(9-11)17(23)19-13-3-4-15(14(18)8-13)25-6-5-24-2/h3-4,8,11-12H,5-7,9-10H2,1-2H3,(H,19,23)(H,21,22). The maximum atomic E-state index is 14.0. The van der Waals surface area contributed by atoms with Crippen LogP contribution < -0.4 is 10.1 Å². The first-order valence-electron chi connectivity index (χ1n) is 8.10. The van der Waals surface area contributed by atoms with Gasteiger partial charge in [-0.3, -0.25) is 4.79 Å². The summed E-state index contributed by atoms with van der Waals surface area (Å²) in [5, 5.41) is 11.8. The minimum Gasteiger partial charge on any atom is -0.488 e. The van der Waals surface area contributed by atoms with E-state index in [0.717, 1.165) is 0 Å². The highest BCUT2D eigenvalue weighted by Gasteiger charge is 2.31. The van der Waals surface area contributed by atoms with Gasteiger partial charge in [-0.15, -0.1) is 0 Å². The number of aliphatic carboxylic acids is 1. The number of hydrogen-bond donors (Lipinski definition) is 2. The zero-order valence-electron chi connectivity index (χ0n) is 14.3. The highest BCUT2D eigenvalue weighted by molar-refractivity contribution is 5.89. The van der Waals surface area contributed by atoms with Crippen LogP contribution in [0.3, 0.4) is 0 Å². The molecule has 0 aromatic heterocycles. The van der Waals surface area contributed by atoms with E-state index in [-0.39, 0.29) is 30.5 Å². The van der Waals surface area contributed by atoms with E-state index in [1.54, 1.807) is 0 Å². The van der Waals surface area contributed by atoms with Gasteiger partial charge in [-0.1, -0.05) is 6.92 Å². The van der Waals surface area contributed by atoms with Crippen LogP contribution in [0.25, 0.3) is 0 Å². The van der Waals surface area contributed by atoms with E-state index >= 15 is 0 Å². The number of carboxylic acids is 1. The molecule has 1 heterocycles. The quantitative estimate of drug-likeness (QED) is 0.766. The first-order chi connectivity index (χ1) is 11.9. The van der Waals surface area contributed by atoms with Crippen molar-refractivity contribution < 1.29 is 28.6 Å². The number of nitrogens with one attached hydrogen (secondary N) is 1. The van der Waals surface area contributed by atoms with Crippen LogP contribution in [0.2, 0.25) is 0 Å². The Bertz CT molecular complexity index is 625. The predicted molar refractivity (Wildman–Crippen MR) is 89.3 cm³/mol. The molecule has 2 rings (SSSR count). The van der Waals surface area contributed by atoms with E-state index in [2.05, 4.69) is 5.32 Å². The smallest absolute Gasteiger partial charge is 0.321 e. The van der Waals surface area contributed by atoms with Gasteiger partial charge in [0.1, 0.15) is 6.61 Å². The van der Waals surface area contributed by atoms with Crippen LogP contribution in [0.5, 0.6) is 5.75 Å². The van der Waals surface area contributed by atoms with Gasteiger partial charge in [-0.2, -0.15) is 0 Å². The van der Waals surface area contributed by atoms with Gasteiger partial charge in [0.05, 0.1) is 12.5 Å². The largest absolute Gasteiger partial charge is 0.488 e. The zero-order chi connectivity index (χ0) is 18.4. The highest BCUT2D eigenvalue weighted by Crippen LogP contribution is 2.24. The number of carboxylic acid groups (broad SMARTS) is 1. The van der Waals surface area contributed by atoms with Crippen molar-refractivity contribution in [1.82, 2.24) is 4.90 Å². The summed E-state index contributed by atoms with van der Waals surface area (Å²) in [5.41, 5.74) is 0.284. The van der Waals surface area contributed by atoms with Gasteiger partial charge in [0.2, 0.25) is 0 Å². The molecule has 1 aliphatic heterocycles. The number of ether oxygens (including phenoxy) is 2. The van der Waals surface area contributed by atoms with Crippen LogP contribution in [0.4, 0.5) is 14.9 Å². The molecule has 8 heteroatoms. The van der Waals surface area contributed by atoms with Crippen molar-refractivity contribution in [2.45, 2.75) is 13.3 Å². The molecule has 2 amide bonds. The first kappa shape index (κ1) is 19.0. The fourth-order valence-electron chi connectivity index (χ4n) is 2.83. The number of nitrogens with zero attached hydrogens (tertiary/aromatic N) is 1. The maximum absolute atomic E-state index is 14.0. The number of methoxy groups -OCH3 is 1.